The quantitative estimate of drug-likeness (QED) is 0.0904. The second-order valence-electron chi connectivity index (χ2n) is 10.5. The number of ether oxygens (including phenoxy) is 2. The fourth-order valence-corrected chi connectivity index (χ4v) is 5.45. The molecule has 10 nitrogen and oxygen atoms in total. The summed E-state index contributed by atoms with van der Waals surface area (Å²) >= 11 is 3.35. The number of rotatable bonds is 9. The van der Waals surface area contributed by atoms with Crippen molar-refractivity contribution in [1.82, 2.24) is 9.66 Å². The summed E-state index contributed by atoms with van der Waals surface area (Å²) in [5, 5.41) is 26.5. The molecule has 5 rings (SSSR count). The van der Waals surface area contributed by atoms with Crippen LogP contribution in [0.3, 0.4) is 0 Å². The van der Waals surface area contributed by atoms with Gasteiger partial charge in [-0.05, 0) is 60.4 Å². The Bertz CT molecular complexity index is 2080. The van der Waals surface area contributed by atoms with E-state index in [9.17, 15) is 20.2 Å². The van der Waals surface area contributed by atoms with Crippen LogP contribution in [0.25, 0.3) is 22.3 Å². The molecule has 0 N–H and O–H groups in total. The predicted molar refractivity (Wildman–Crippen MR) is 176 cm³/mol. The molecular formula is C34H28BrN5O5. The third-order valence-corrected chi connectivity index (χ3v) is 7.73. The van der Waals surface area contributed by atoms with E-state index in [1.807, 2.05) is 32.9 Å². The van der Waals surface area contributed by atoms with Gasteiger partial charge in [0.15, 0.2) is 5.82 Å². The highest BCUT2D eigenvalue weighted by molar-refractivity contribution is 9.10. The second kappa shape index (κ2) is 13.1. The van der Waals surface area contributed by atoms with Gasteiger partial charge in [-0.1, -0.05) is 60.1 Å². The third kappa shape index (κ3) is 6.32. The number of nitro groups is 1. The van der Waals surface area contributed by atoms with E-state index in [1.165, 1.54) is 17.0 Å². The summed E-state index contributed by atoms with van der Waals surface area (Å²) in [6.45, 7) is 5.90. The van der Waals surface area contributed by atoms with E-state index < -0.39 is 10.5 Å². The highest BCUT2D eigenvalue weighted by Crippen LogP contribution is 2.36. The molecule has 0 aliphatic rings. The zero-order chi connectivity index (χ0) is 32.2. The molecule has 0 aliphatic carbocycles. The van der Waals surface area contributed by atoms with E-state index in [0.717, 1.165) is 16.9 Å². The van der Waals surface area contributed by atoms with Crippen LogP contribution in [-0.4, -0.2) is 27.9 Å². The van der Waals surface area contributed by atoms with Crippen LogP contribution in [0.4, 0.5) is 5.69 Å². The maximum Gasteiger partial charge on any atom is 0.312 e. The Morgan fingerprint density at radius 2 is 1.87 bits per heavy atom. The number of nitrogens with zero attached hydrogens (tertiary/aromatic N) is 5. The van der Waals surface area contributed by atoms with Gasteiger partial charge in [0.25, 0.3) is 5.56 Å². The molecule has 11 heteroatoms. The number of nitriles is 1. The summed E-state index contributed by atoms with van der Waals surface area (Å²) in [7, 11) is 1.62. The molecule has 0 fully saturated rings. The van der Waals surface area contributed by atoms with Gasteiger partial charge in [0.2, 0.25) is 5.75 Å². The molecule has 226 valence electrons. The molecular weight excluding hydrogens is 638 g/mol. The van der Waals surface area contributed by atoms with E-state index in [0.29, 0.717) is 37.9 Å². The number of para-hydroxylation sites is 1. The lowest BCUT2D eigenvalue weighted by molar-refractivity contribution is -0.386. The molecule has 0 spiro atoms. The molecule has 1 heterocycles. The maximum atomic E-state index is 13.9. The van der Waals surface area contributed by atoms with Crippen molar-refractivity contribution in [2.75, 3.05) is 7.11 Å². The van der Waals surface area contributed by atoms with Crippen molar-refractivity contribution < 1.29 is 14.4 Å². The van der Waals surface area contributed by atoms with Crippen LogP contribution >= 0.6 is 15.9 Å². The van der Waals surface area contributed by atoms with Crippen LogP contribution in [0.2, 0.25) is 0 Å². The molecule has 0 saturated heterocycles. The van der Waals surface area contributed by atoms with Crippen LogP contribution in [0.5, 0.6) is 11.5 Å². The van der Waals surface area contributed by atoms with Crippen molar-refractivity contribution >= 4 is 38.7 Å². The van der Waals surface area contributed by atoms with Gasteiger partial charge in [-0.2, -0.15) is 15.0 Å². The van der Waals surface area contributed by atoms with Crippen molar-refractivity contribution in [2.24, 2.45) is 5.10 Å². The summed E-state index contributed by atoms with van der Waals surface area (Å²) in [6.07, 6.45) is 1.34. The Morgan fingerprint density at radius 1 is 1.13 bits per heavy atom. The summed E-state index contributed by atoms with van der Waals surface area (Å²) in [4.78, 5) is 30.3. The Balaban J connectivity index is 1.70. The van der Waals surface area contributed by atoms with Crippen LogP contribution in [0, 0.1) is 28.4 Å². The smallest absolute Gasteiger partial charge is 0.312 e. The van der Waals surface area contributed by atoms with Crippen molar-refractivity contribution in [3.05, 3.63) is 126 Å². The lowest BCUT2D eigenvalue weighted by Crippen LogP contribution is -2.21. The number of fused-ring (bicyclic) bond motifs is 1. The highest BCUT2D eigenvalue weighted by atomic mass is 79.9. The fraction of sp³-hybridized carbons (Fsp3) is 0.176. The zero-order valence-corrected chi connectivity index (χ0v) is 26.5. The highest BCUT2D eigenvalue weighted by Gasteiger charge is 2.22. The fourth-order valence-electron chi connectivity index (χ4n) is 4.99. The second-order valence-corrected chi connectivity index (χ2v) is 11.5. The number of aryl methyl sites for hydroxylation is 1. The van der Waals surface area contributed by atoms with Crippen molar-refractivity contribution in [3.8, 4) is 29.0 Å². The molecule has 0 atom stereocenters. The number of benzene rings is 4. The molecule has 5 aromatic rings. The van der Waals surface area contributed by atoms with Gasteiger partial charge in [-0.3, -0.25) is 14.9 Å². The first-order chi connectivity index (χ1) is 21.6. The van der Waals surface area contributed by atoms with E-state index in [-0.39, 0.29) is 29.5 Å². The molecule has 45 heavy (non-hydrogen) atoms. The van der Waals surface area contributed by atoms with Crippen molar-refractivity contribution in [2.45, 2.75) is 33.3 Å². The minimum absolute atomic E-state index is 0.0641. The first-order valence-electron chi connectivity index (χ1n) is 14.0. The van der Waals surface area contributed by atoms with Crippen LogP contribution in [0.1, 0.15) is 47.6 Å². The molecule has 0 unspecified atom stereocenters. The van der Waals surface area contributed by atoms with Gasteiger partial charge in [-0.25, -0.2) is 4.98 Å². The maximum absolute atomic E-state index is 13.9. The Morgan fingerprint density at radius 3 is 2.58 bits per heavy atom. The average molecular weight is 667 g/mol. The Labute approximate surface area is 267 Å². The van der Waals surface area contributed by atoms with E-state index in [2.05, 4.69) is 27.1 Å². The number of aromatic nitrogens is 2. The lowest BCUT2D eigenvalue weighted by atomic mass is 9.96. The predicted octanol–water partition coefficient (Wildman–Crippen LogP) is 7.51. The molecule has 0 radical (unpaired) electrons. The molecule has 0 aliphatic heterocycles. The first kappa shape index (κ1) is 31.1. The normalized spacial score (nSPS) is 11.2. The van der Waals surface area contributed by atoms with Gasteiger partial charge < -0.3 is 9.47 Å². The van der Waals surface area contributed by atoms with Crippen molar-refractivity contribution in [3.63, 3.8) is 0 Å². The lowest BCUT2D eigenvalue weighted by Gasteiger charge is -2.17. The largest absolute Gasteiger partial charge is 0.496 e. The van der Waals surface area contributed by atoms with Crippen LogP contribution < -0.4 is 15.0 Å². The van der Waals surface area contributed by atoms with Crippen LogP contribution in [-0.2, 0) is 6.61 Å². The Kier molecular flexibility index (Phi) is 9.06. The minimum atomic E-state index is -0.559. The van der Waals surface area contributed by atoms with Gasteiger partial charge >= 0.3 is 5.69 Å². The van der Waals surface area contributed by atoms with Gasteiger partial charge in [0.1, 0.15) is 12.4 Å². The summed E-state index contributed by atoms with van der Waals surface area (Å²) < 4.78 is 13.2. The number of methoxy groups -OCH3 is 1. The zero-order valence-electron chi connectivity index (χ0n) is 24.9. The molecule has 0 bridgehead atoms. The number of nitro benzene ring substituents is 1. The summed E-state index contributed by atoms with van der Waals surface area (Å²) in [5.74, 6) is 1.08. The number of halogens is 1. The Hall–Kier alpha value is -5.34. The van der Waals surface area contributed by atoms with E-state index in [4.69, 9.17) is 14.5 Å². The third-order valence-electron chi connectivity index (χ3n) is 7.28. The van der Waals surface area contributed by atoms with Crippen LogP contribution in [0.15, 0.2) is 87.2 Å². The molecule has 1 aromatic heterocycles. The summed E-state index contributed by atoms with van der Waals surface area (Å²) in [6, 6.07) is 22.7. The van der Waals surface area contributed by atoms with E-state index in [1.54, 1.807) is 61.7 Å². The average Bonchev–Trinajstić information content (AvgIpc) is 3.03. The number of hydrogen-bond donors (Lipinski definition) is 0. The minimum Gasteiger partial charge on any atom is -0.496 e. The SMILES string of the molecule is COc1cc(C)c(-c2nc3ccccc3c(=O)n2N=Cc2cc(Br)cc([N+](=O)[O-])c2OCc2ccccc2C#N)cc1C(C)C. The van der Waals surface area contributed by atoms with Crippen molar-refractivity contribution in [1.29, 1.82) is 5.26 Å². The number of hydrogen-bond acceptors (Lipinski definition) is 8. The summed E-state index contributed by atoms with van der Waals surface area (Å²) in [5.41, 5.74) is 3.42. The van der Waals surface area contributed by atoms with Gasteiger partial charge in [0, 0.05) is 27.2 Å². The first-order valence-corrected chi connectivity index (χ1v) is 14.8. The van der Waals surface area contributed by atoms with Gasteiger partial charge in [0.05, 0.1) is 40.8 Å². The van der Waals surface area contributed by atoms with Gasteiger partial charge in [-0.15, -0.1) is 0 Å². The van der Waals surface area contributed by atoms with E-state index >= 15 is 0 Å². The molecule has 0 saturated carbocycles. The topological polar surface area (TPSA) is 133 Å². The molecule has 4 aromatic carbocycles. The molecule has 0 amide bonds. The monoisotopic (exact) mass is 665 g/mol. The standard InChI is InChI=1S/C34H28BrN5O5/c1-20(2)27-16-28(21(3)13-31(27)44-4)33-38-29-12-8-7-11-26(29)34(41)39(33)37-18-24-14-25(35)15-30(40(42)43)32(24)45-19-23-10-6-5-9-22(23)17-36/h5-16,18,20H,19H2,1-4H3.